The average Bonchev–Trinajstić information content (AvgIpc) is 2.66. The van der Waals surface area contributed by atoms with Gasteiger partial charge in [0.25, 0.3) is 5.56 Å². The lowest BCUT2D eigenvalue weighted by atomic mass is 10.1. The van der Waals surface area contributed by atoms with E-state index in [0.29, 0.717) is 39.2 Å². The molecule has 1 N–H and O–H groups in total. The summed E-state index contributed by atoms with van der Waals surface area (Å²) in [4.78, 5) is 30.4. The predicted octanol–water partition coefficient (Wildman–Crippen LogP) is 0.791. The molecule has 26 heavy (non-hydrogen) atoms. The molecule has 8 nitrogen and oxygen atoms in total. The van der Waals surface area contributed by atoms with Crippen molar-refractivity contribution < 1.29 is 9.53 Å². The van der Waals surface area contributed by atoms with Crippen molar-refractivity contribution in [2.24, 2.45) is 0 Å². The zero-order chi connectivity index (χ0) is 18.4. The normalized spacial score (nSPS) is 13.3. The van der Waals surface area contributed by atoms with Crippen molar-refractivity contribution >= 4 is 6.03 Å². The van der Waals surface area contributed by atoms with Crippen LogP contribution in [-0.2, 0) is 24.2 Å². The van der Waals surface area contributed by atoms with Gasteiger partial charge >= 0.3 is 6.03 Å². The van der Waals surface area contributed by atoms with Gasteiger partial charge in [-0.15, -0.1) is 0 Å². The van der Waals surface area contributed by atoms with Crippen molar-refractivity contribution in [1.82, 2.24) is 25.0 Å². The Morgan fingerprint density at radius 1 is 1.42 bits per heavy atom. The number of aromatic nitrogens is 3. The molecule has 1 aliphatic heterocycles. The number of nitrogens with zero attached hydrogens (tertiary/aromatic N) is 4. The maximum Gasteiger partial charge on any atom is 0.317 e. The van der Waals surface area contributed by atoms with E-state index in [-0.39, 0.29) is 11.6 Å². The minimum atomic E-state index is -0.171. The number of hydrogen-bond acceptors (Lipinski definition) is 5. The highest BCUT2D eigenvalue weighted by atomic mass is 16.5. The number of hydrogen-bond donors (Lipinski definition) is 1. The lowest BCUT2D eigenvalue weighted by molar-refractivity contribution is 0.181. The summed E-state index contributed by atoms with van der Waals surface area (Å²) >= 11 is 0. The standard InChI is InChI=1S/C18H23N5O3/c1-26-9-3-7-20-18(25)22-8-5-16-15(13-22)10-17(24)23(21-16)12-14-4-2-6-19-11-14/h2,4,6,10-11H,3,5,7-9,12-13H2,1H3,(H,20,25). The Morgan fingerprint density at radius 3 is 3.08 bits per heavy atom. The van der Waals surface area contributed by atoms with E-state index in [2.05, 4.69) is 15.4 Å². The number of carbonyl (C=O) groups excluding carboxylic acids is 1. The Balaban J connectivity index is 1.65. The molecule has 0 aromatic carbocycles. The van der Waals surface area contributed by atoms with Crippen molar-refractivity contribution in [3.63, 3.8) is 0 Å². The van der Waals surface area contributed by atoms with Gasteiger partial charge in [0.2, 0.25) is 0 Å². The summed E-state index contributed by atoms with van der Waals surface area (Å²) in [6.45, 7) is 2.57. The zero-order valence-electron chi connectivity index (χ0n) is 14.9. The number of rotatable bonds is 6. The van der Waals surface area contributed by atoms with E-state index in [0.717, 1.165) is 23.2 Å². The Bertz CT molecular complexity index is 806. The lowest BCUT2D eigenvalue weighted by Crippen LogP contribution is -2.44. The minimum Gasteiger partial charge on any atom is -0.385 e. The van der Waals surface area contributed by atoms with Gasteiger partial charge in [-0.25, -0.2) is 9.48 Å². The van der Waals surface area contributed by atoms with Crippen molar-refractivity contribution in [3.8, 4) is 0 Å². The van der Waals surface area contributed by atoms with Gasteiger partial charge in [-0.05, 0) is 18.1 Å². The van der Waals surface area contributed by atoms with Crippen LogP contribution in [-0.4, -0.2) is 52.5 Å². The monoisotopic (exact) mass is 357 g/mol. The van der Waals surface area contributed by atoms with E-state index < -0.39 is 0 Å². The van der Waals surface area contributed by atoms with Crippen LogP contribution < -0.4 is 10.9 Å². The Hall–Kier alpha value is -2.74. The second-order valence-corrected chi connectivity index (χ2v) is 6.22. The van der Waals surface area contributed by atoms with Gasteiger partial charge in [-0.2, -0.15) is 5.10 Å². The maximum absolute atomic E-state index is 12.4. The van der Waals surface area contributed by atoms with Crippen molar-refractivity contribution in [3.05, 3.63) is 57.8 Å². The number of urea groups is 1. The number of ether oxygens (including phenoxy) is 1. The van der Waals surface area contributed by atoms with E-state index in [1.807, 2.05) is 12.1 Å². The highest BCUT2D eigenvalue weighted by Gasteiger charge is 2.22. The van der Waals surface area contributed by atoms with E-state index in [1.54, 1.807) is 30.5 Å². The smallest absolute Gasteiger partial charge is 0.317 e. The molecule has 8 heteroatoms. The van der Waals surface area contributed by atoms with Crippen LogP contribution in [0.4, 0.5) is 4.79 Å². The second kappa shape index (κ2) is 8.57. The first-order valence-electron chi connectivity index (χ1n) is 8.68. The largest absolute Gasteiger partial charge is 0.385 e. The Labute approximate surface area is 151 Å². The second-order valence-electron chi connectivity index (χ2n) is 6.22. The highest BCUT2D eigenvalue weighted by Crippen LogP contribution is 2.15. The first-order valence-corrected chi connectivity index (χ1v) is 8.68. The zero-order valence-corrected chi connectivity index (χ0v) is 14.9. The fourth-order valence-electron chi connectivity index (χ4n) is 2.91. The summed E-state index contributed by atoms with van der Waals surface area (Å²) in [6, 6.07) is 5.22. The van der Waals surface area contributed by atoms with E-state index in [4.69, 9.17) is 4.74 Å². The van der Waals surface area contributed by atoms with Gasteiger partial charge in [0.1, 0.15) is 0 Å². The molecule has 0 unspecified atom stereocenters. The summed E-state index contributed by atoms with van der Waals surface area (Å²) in [5.74, 6) is 0. The van der Waals surface area contributed by atoms with Crippen LogP contribution in [0.25, 0.3) is 0 Å². The predicted molar refractivity (Wildman–Crippen MR) is 95.8 cm³/mol. The molecule has 2 aromatic rings. The number of pyridine rings is 1. The van der Waals surface area contributed by atoms with Gasteiger partial charge in [0.15, 0.2) is 0 Å². The summed E-state index contributed by atoms with van der Waals surface area (Å²) in [7, 11) is 1.64. The molecule has 0 spiro atoms. The van der Waals surface area contributed by atoms with Crippen molar-refractivity contribution in [1.29, 1.82) is 0 Å². The molecule has 0 radical (unpaired) electrons. The summed E-state index contributed by atoms with van der Waals surface area (Å²) in [6.07, 6.45) is 4.83. The number of methoxy groups -OCH3 is 1. The molecule has 0 aliphatic carbocycles. The summed E-state index contributed by atoms with van der Waals surface area (Å²) < 4.78 is 6.42. The van der Waals surface area contributed by atoms with Crippen LogP contribution >= 0.6 is 0 Å². The molecule has 0 fully saturated rings. The van der Waals surface area contributed by atoms with Gasteiger partial charge in [-0.1, -0.05) is 6.07 Å². The number of amides is 2. The van der Waals surface area contributed by atoms with Gasteiger partial charge in [0, 0.05) is 63.8 Å². The quantitative estimate of drug-likeness (QED) is 0.772. The molecule has 0 bridgehead atoms. The summed E-state index contributed by atoms with van der Waals surface area (Å²) in [5.41, 5.74) is 2.44. The minimum absolute atomic E-state index is 0.119. The third-order valence-electron chi connectivity index (χ3n) is 4.29. The van der Waals surface area contributed by atoms with Gasteiger partial charge < -0.3 is 15.0 Å². The summed E-state index contributed by atoms with van der Waals surface area (Å²) in [5, 5.41) is 7.36. The van der Waals surface area contributed by atoms with Crippen molar-refractivity contribution in [2.75, 3.05) is 26.8 Å². The first kappa shape index (κ1) is 18.1. The molecular formula is C18H23N5O3. The lowest BCUT2D eigenvalue weighted by Gasteiger charge is -2.28. The fourth-order valence-corrected chi connectivity index (χ4v) is 2.91. The maximum atomic E-state index is 12.4. The van der Waals surface area contributed by atoms with Crippen LogP contribution in [0.1, 0.15) is 23.2 Å². The number of fused-ring (bicyclic) bond motifs is 1. The molecule has 2 aromatic heterocycles. The molecule has 3 heterocycles. The van der Waals surface area contributed by atoms with Crippen LogP contribution in [0.5, 0.6) is 0 Å². The molecule has 0 saturated heterocycles. The molecule has 0 atom stereocenters. The first-order chi connectivity index (χ1) is 12.7. The molecule has 138 valence electrons. The van der Waals surface area contributed by atoms with Crippen LogP contribution in [0.3, 0.4) is 0 Å². The highest BCUT2D eigenvalue weighted by molar-refractivity contribution is 5.74. The SMILES string of the molecule is COCCCNC(=O)N1CCc2nn(Cc3cccnc3)c(=O)cc2C1. The van der Waals surface area contributed by atoms with E-state index >= 15 is 0 Å². The van der Waals surface area contributed by atoms with Crippen LogP contribution in [0.15, 0.2) is 35.4 Å². The number of carbonyl (C=O) groups is 1. The molecule has 1 aliphatic rings. The average molecular weight is 357 g/mol. The Morgan fingerprint density at radius 2 is 2.31 bits per heavy atom. The van der Waals surface area contributed by atoms with E-state index in [1.165, 1.54) is 4.68 Å². The third-order valence-corrected chi connectivity index (χ3v) is 4.29. The topological polar surface area (TPSA) is 89.3 Å². The van der Waals surface area contributed by atoms with Crippen LogP contribution in [0.2, 0.25) is 0 Å². The van der Waals surface area contributed by atoms with Crippen molar-refractivity contribution in [2.45, 2.75) is 25.9 Å². The van der Waals surface area contributed by atoms with E-state index in [9.17, 15) is 9.59 Å². The Kier molecular flexibility index (Phi) is 5.96. The third kappa shape index (κ3) is 4.45. The van der Waals surface area contributed by atoms with Gasteiger partial charge in [0.05, 0.1) is 12.2 Å². The molecular weight excluding hydrogens is 334 g/mol. The van der Waals surface area contributed by atoms with Gasteiger partial charge in [-0.3, -0.25) is 9.78 Å². The van der Waals surface area contributed by atoms with Crippen LogP contribution in [0, 0.1) is 0 Å². The molecule has 3 rings (SSSR count). The number of nitrogens with one attached hydrogen (secondary N) is 1. The molecule has 2 amide bonds. The fraction of sp³-hybridized carbons (Fsp3) is 0.444. The molecule has 0 saturated carbocycles.